The molecular formula is C11H23N3O. The number of hydrogen-bond acceptors (Lipinski definition) is 3. The Morgan fingerprint density at radius 1 is 1.53 bits per heavy atom. The van der Waals surface area contributed by atoms with Crippen LogP contribution in [0.1, 0.15) is 27.2 Å². The summed E-state index contributed by atoms with van der Waals surface area (Å²) in [6.07, 6.45) is 1.12. The molecule has 1 fully saturated rings. The number of nitrogens with two attached hydrogens (primary N) is 1. The number of nitrogens with zero attached hydrogens (tertiary/aromatic N) is 1. The Hall–Kier alpha value is -0.610. The van der Waals surface area contributed by atoms with Gasteiger partial charge in [-0.1, -0.05) is 13.8 Å². The smallest absolute Gasteiger partial charge is 0.234 e. The summed E-state index contributed by atoms with van der Waals surface area (Å²) in [6.45, 7) is 8.38. The molecule has 4 heteroatoms. The third-order valence-corrected chi connectivity index (χ3v) is 2.98. The van der Waals surface area contributed by atoms with Crippen molar-refractivity contribution in [1.82, 2.24) is 10.2 Å². The molecule has 88 valence electrons. The highest BCUT2D eigenvalue weighted by molar-refractivity contribution is 5.78. The van der Waals surface area contributed by atoms with Gasteiger partial charge < -0.3 is 11.1 Å². The molecule has 1 amide bonds. The van der Waals surface area contributed by atoms with Gasteiger partial charge in [0.2, 0.25) is 5.91 Å². The summed E-state index contributed by atoms with van der Waals surface area (Å²) in [6, 6.07) is 0.737. The second-order valence-electron chi connectivity index (χ2n) is 4.84. The molecule has 4 nitrogen and oxygen atoms in total. The van der Waals surface area contributed by atoms with Crippen molar-refractivity contribution in [3.63, 3.8) is 0 Å². The lowest BCUT2D eigenvalue weighted by Crippen LogP contribution is -2.58. The molecule has 3 N–H and O–H groups in total. The summed E-state index contributed by atoms with van der Waals surface area (Å²) in [5.41, 5.74) is 5.67. The van der Waals surface area contributed by atoms with Crippen LogP contribution >= 0.6 is 0 Å². The van der Waals surface area contributed by atoms with Gasteiger partial charge in [0.25, 0.3) is 0 Å². The van der Waals surface area contributed by atoms with Gasteiger partial charge in [0.05, 0.1) is 6.54 Å². The monoisotopic (exact) mass is 213 g/mol. The van der Waals surface area contributed by atoms with Gasteiger partial charge in [0, 0.05) is 25.2 Å². The van der Waals surface area contributed by atoms with Crippen molar-refractivity contribution >= 4 is 5.91 Å². The zero-order valence-electron chi connectivity index (χ0n) is 9.99. The van der Waals surface area contributed by atoms with Crippen molar-refractivity contribution in [2.24, 2.45) is 11.7 Å². The fraction of sp³-hybridized carbons (Fsp3) is 0.909. The second-order valence-corrected chi connectivity index (χ2v) is 4.84. The zero-order valence-corrected chi connectivity index (χ0v) is 9.99. The van der Waals surface area contributed by atoms with Crippen molar-refractivity contribution in [2.45, 2.75) is 39.3 Å². The van der Waals surface area contributed by atoms with E-state index >= 15 is 0 Å². The first-order valence-corrected chi connectivity index (χ1v) is 5.77. The molecule has 0 aromatic carbocycles. The van der Waals surface area contributed by atoms with Crippen LogP contribution in [0.3, 0.4) is 0 Å². The summed E-state index contributed by atoms with van der Waals surface area (Å²) in [5.74, 6) is 0.771. The Morgan fingerprint density at radius 2 is 2.20 bits per heavy atom. The lowest BCUT2D eigenvalue weighted by Gasteiger charge is -2.39. The third kappa shape index (κ3) is 3.47. The Balaban J connectivity index is 2.61. The number of nitrogens with one attached hydrogen (secondary N) is 1. The van der Waals surface area contributed by atoms with Crippen LogP contribution in [0.15, 0.2) is 0 Å². The van der Waals surface area contributed by atoms with Gasteiger partial charge in [-0.25, -0.2) is 0 Å². The molecule has 1 aliphatic rings. The summed E-state index contributed by atoms with van der Waals surface area (Å²) in [4.78, 5) is 13.6. The van der Waals surface area contributed by atoms with E-state index in [4.69, 9.17) is 5.73 Å². The van der Waals surface area contributed by atoms with Crippen LogP contribution in [-0.2, 0) is 4.79 Å². The van der Waals surface area contributed by atoms with Gasteiger partial charge in [-0.15, -0.1) is 0 Å². The molecule has 2 atom stereocenters. The summed E-state index contributed by atoms with van der Waals surface area (Å²) in [5, 5.41) is 2.92. The van der Waals surface area contributed by atoms with Gasteiger partial charge in [-0.3, -0.25) is 9.69 Å². The lowest BCUT2D eigenvalue weighted by molar-refractivity contribution is -0.126. The van der Waals surface area contributed by atoms with Gasteiger partial charge in [0.15, 0.2) is 0 Å². The van der Waals surface area contributed by atoms with E-state index in [9.17, 15) is 4.79 Å². The summed E-state index contributed by atoms with van der Waals surface area (Å²) in [7, 11) is 0. The van der Waals surface area contributed by atoms with E-state index in [1.54, 1.807) is 0 Å². The standard InChI is InChI=1S/C11H23N3O/c1-8(2)4-10-6-13-11(15)7-14(10)9(3)5-12/h8-10H,4-7,12H2,1-3H3,(H,13,15). The molecule has 1 rings (SSSR count). The first-order chi connectivity index (χ1) is 7.04. The maximum absolute atomic E-state index is 11.3. The lowest BCUT2D eigenvalue weighted by atomic mass is 9.99. The third-order valence-electron chi connectivity index (χ3n) is 2.98. The molecule has 15 heavy (non-hydrogen) atoms. The Labute approximate surface area is 92.2 Å². The predicted octanol–water partition coefficient (Wildman–Crippen LogP) is 0.180. The van der Waals surface area contributed by atoms with E-state index in [2.05, 4.69) is 31.0 Å². The quantitative estimate of drug-likeness (QED) is 0.700. The number of carbonyl (C=O) groups is 1. The van der Waals surface area contributed by atoms with Crippen molar-refractivity contribution in [3.05, 3.63) is 0 Å². The maximum atomic E-state index is 11.3. The van der Waals surface area contributed by atoms with Crippen LogP contribution in [0.5, 0.6) is 0 Å². The van der Waals surface area contributed by atoms with Crippen molar-refractivity contribution in [1.29, 1.82) is 0 Å². The Kier molecular flexibility index (Phi) is 4.54. The minimum atomic E-state index is 0.121. The van der Waals surface area contributed by atoms with Gasteiger partial charge >= 0.3 is 0 Å². The van der Waals surface area contributed by atoms with Crippen LogP contribution in [0.2, 0.25) is 0 Å². The SMILES string of the molecule is CC(C)CC1CNC(=O)CN1C(C)CN. The van der Waals surface area contributed by atoms with E-state index in [-0.39, 0.29) is 5.91 Å². The Morgan fingerprint density at radius 3 is 2.73 bits per heavy atom. The minimum absolute atomic E-state index is 0.121. The number of hydrogen-bond donors (Lipinski definition) is 2. The first kappa shape index (κ1) is 12.5. The van der Waals surface area contributed by atoms with E-state index < -0.39 is 0 Å². The molecule has 1 aliphatic heterocycles. The van der Waals surface area contributed by atoms with Crippen LogP contribution in [0.4, 0.5) is 0 Å². The molecule has 0 spiro atoms. The van der Waals surface area contributed by atoms with Crippen LogP contribution in [0.25, 0.3) is 0 Å². The van der Waals surface area contributed by atoms with E-state index in [1.165, 1.54) is 0 Å². The number of amides is 1. The van der Waals surface area contributed by atoms with E-state index in [1.807, 2.05) is 0 Å². The molecule has 0 aromatic rings. The van der Waals surface area contributed by atoms with E-state index in [0.29, 0.717) is 31.1 Å². The maximum Gasteiger partial charge on any atom is 0.234 e. The minimum Gasteiger partial charge on any atom is -0.353 e. The first-order valence-electron chi connectivity index (χ1n) is 5.77. The summed E-state index contributed by atoms with van der Waals surface area (Å²) >= 11 is 0. The van der Waals surface area contributed by atoms with Gasteiger partial charge in [0.1, 0.15) is 0 Å². The highest BCUT2D eigenvalue weighted by Crippen LogP contribution is 2.16. The Bertz CT molecular complexity index is 218. The van der Waals surface area contributed by atoms with Crippen molar-refractivity contribution in [2.75, 3.05) is 19.6 Å². The fourth-order valence-corrected chi connectivity index (χ4v) is 2.11. The highest BCUT2D eigenvalue weighted by atomic mass is 16.2. The van der Waals surface area contributed by atoms with Gasteiger partial charge in [-0.2, -0.15) is 0 Å². The number of piperazine rings is 1. The average Bonchev–Trinajstić information content (AvgIpc) is 2.19. The molecule has 0 aromatic heterocycles. The predicted molar refractivity (Wildman–Crippen MR) is 61.5 cm³/mol. The van der Waals surface area contributed by atoms with E-state index in [0.717, 1.165) is 13.0 Å². The molecule has 0 radical (unpaired) electrons. The highest BCUT2D eigenvalue weighted by Gasteiger charge is 2.29. The molecule has 0 aliphatic carbocycles. The molecule has 1 saturated heterocycles. The molecule has 0 saturated carbocycles. The van der Waals surface area contributed by atoms with Crippen molar-refractivity contribution < 1.29 is 4.79 Å². The van der Waals surface area contributed by atoms with Crippen LogP contribution in [0, 0.1) is 5.92 Å². The second kappa shape index (κ2) is 5.47. The normalized spacial score (nSPS) is 25.4. The van der Waals surface area contributed by atoms with Crippen LogP contribution in [-0.4, -0.2) is 42.5 Å². The average molecular weight is 213 g/mol. The molecular weight excluding hydrogens is 190 g/mol. The number of rotatable bonds is 4. The molecule has 1 heterocycles. The fourth-order valence-electron chi connectivity index (χ4n) is 2.11. The zero-order chi connectivity index (χ0) is 11.4. The number of carbonyl (C=O) groups excluding carboxylic acids is 1. The molecule has 0 bridgehead atoms. The molecule has 2 unspecified atom stereocenters. The summed E-state index contributed by atoms with van der Waals surface area (Å²) < 4.78 is 0. The largest absolute Gasteiger partial charge is 0.353 e. The van der Waals surface area contributed by atoms with Gasteiger partial charge in [-0.05, 0) is 19.3 Å². The van der Waals surface area contributed by atoms with Crippen LogP contribution < -0.4 is 11.1 Å². The topological polar surface area (TPSA) is 58.4 Å². The van der Waals surface area contributed by atoms with Crippen molar-refractivity contribution in [3.8, 4) is 0 Å².